The summed E-state index contributed by atoms with van der Waals surface area (Å²) in [6.45, 7) is 14.7. The maximum Gasteiger partial charge on any atom is 0.248 e. The molecule has 1 N–H and O–H groups in total. The van der Waals surface area contributed by atoms with Gasteiger partial charge in [0.15, 0.2) is 0 Å². The summed E-state index contributed by atoms with van der Waals surface area (Å²) in [5.41, 5.74) is 0. The molecular weight excluding hydrogens is 176 g/mol. The molecule has 14 heavy (non-hydrogen) atoms. The summed E-state index contributed by atoms with van der Waals surface area (Å²) in [6.07, 6.45) is 2.61. The normalized spacial score (nSPS) is 9.93. The number of rotatable bonds is 3. The number of nitrogens with one attached hydrogen (secondary N) is 1. The fraction of sp³-hybridized carbons (Fsp3) is 0.455. The van der Waals surface area contributed by atoms with E-state index in [0.717, 1.165) is 0 Å². The Kier molecular flexibility index (Phi) is 10.5. The van der Waals surface area contributed by atoms with Gasteiger partial charge < -0.3 is 5.32 Å². The molecule has 0 heterocycles. The Balaban J connectivity index is 0. The molecule has 0 spiro atoms. The number of hydrogen-bond acceptors (Lipinski definition) is 2. The monoisotopic (exact) mass is 196 g/mol. The van der Waals surface area contributed by atoms with Crippen LogP contribution in [-0.4, -0.2) is 11.7 Å². The Hall–Kier alpha value is -1.38. The zero-order valence-electron chi connectivity index (χ0n) is 9.50. The molecule has 0 aliphatic rings. The number of carbonyl (C=O) groups is 1. The van der Waals surface area contributed by atoms with Crippen molar-refractivity contribution in [1.82, 2.24) is 5.32 Å². The molecule has 0 aromatic heterocycles. The smallest absolute Gasteiger partial charge is 0.248 e. The van der Waals surface area contributed by atoms with Crippen molar-refractivity contribution >= 4 is 11.7 Å². The highest BCUT2D eigenvalue weighted by Crippen LogP contribution is 1.94. The second-order valence-corrected chi connectivity index (χ2v) is 2.54. The zero-order valence-corrected chi connectivity index (χ0v) is 9.50. The lowest BCUT2D eigenvalue weighted by Gasteiger charge is -2.08. The van der Waals surface area contributed by atoms with E-state index in [0.29, 0.717) is 5.84 Å². The minimum Gasteiger partial charge on any atom is -0.310 e. The van der Waals surface area contributed by atoms with Crippen LogP contribution in [0.3, 0.4) is 0 Å². The van der Waals surface area contributed by atoms with E-state index in [9.17, 15) is 4.79 Å². The summed E-state index contributed by atoms with van der Waals surface area (Å²) in [6, 6.07) is 0. The molecule has 0 saturated carbocycles. The third-order valence-electron chi connectivity index (χ3n) is 1.21. The lowest BCUT2D eigenvalue weighted by Crippen LogP contribution is -2.32. The first-order chi connectivity index (χ1) is 6.61. The molecule has 0 rings (SSSR count). The molecule has 0 aromatic carbocycles. The largest absolute Gasteiger partial charge is 0.310 e. The first-order valence-corrected chi connectivity index (χ1v) is 4.73. The number of aliphatic imine (C=N–C) groups is 1. The van der Waals surface area contributed by atoms with E-state index in [-0.39, 0.29) is 11.8 Å². The molecule has 0 aliphatic heterocycles. The summed E-state index contributed by atoms with van der Waals surface area (Å²) in [7, 11) is 0. The van der Waals surface area contributed by atoms with Gasteiger partial charge in [0.2, 0.25) is 5.91 Å². The van der Waals surface area contributed by atoms with Crippen LogP contribution in [0, 0.1) is 5.92 Å². The van der Waals surface area contributed by atoms with Crippen LogP contribution < -0.4 is 5.32 Å². The first-order valence-electron chi connectivity index (χ1n) is 4.73. The van der Waals surface area contributed by atoms with Crippen LogP contribution in [0.25, 0.3) is 0 Å². The standard InChI is InChI=1S/C9H14N2O.C2H6/c1-5-8(12)11-9(7(3)4)10-6-2;1-2/h5-7H,1-2H2,3-4H3,(H,10,11,12);1-2H3. The van der Waals surface area contributed by atoms with Crippen molar-refractivity contribution in [2.75, 3.05) is 0 Å². The fourth-order valence-electron chi connectivity index (χ4n) is 0.601. The van der Waals surface area contributed by atoms with Crippen LogP contribution >= 0.6 is 0 Å². The predicted octanol–water partition coefficient (Wildman–Crippen LogP) is 2.51. The van der Waals surface area contributed by atoms with Crippen molar-refractivity contribution in [1.29, 1.82) is 0 Å². The van der Waals surface area contributed by atoms with Gasteiger partial charge in [-0.1, -0.05) is 40.9 Å². The number of amidine groups is 1. The van der Waals surface area contributed by atoms with E-state index >= 15 is 0 Å². The average molecular weight is 196 g/mol. The molecule has 3 nitrogen and oxygen atoms in total. The average Bonchev–Trinajstić information content (AvgIpc) is 2.19. The van der Waals surface area contributed by atoms with Crippen molar-refractivity contribution in [2.45, 2.75) is 27.7 Å². The van der Waals surface area contributed by atoms with Gasteiger partial charge in [-0.25, -0.2) is 4.99 Å². The van der Waals surface area contributed by atoms with Gasteiger partial charge in [-0.3, -0.25) is 4.79 Å². The number of amides is 1. The molecule has 0 radical (unpaired) electrons. The van der Waals surface area contributed by atoms with E-state index in [4.69, 9.17) is 0 Å². The van der Waals surface area contributed by atoms with E-state index in [2.05, 4.69) is 23.5 Å². The number of hydrogen-bond donors (Lipinski definition) is 1. The van der Waals surface area contributed by atoms with Gasteiger partial charge in [0.05, 0.1) is 0 Å². The molecule has 0 unspecified atom stereocenters. The highest BCUT2D eigenvalue weighted by atomic mass is 16.1. The Morgan fingerprint density at radius 1 is 1.36 bits per heavy atom. The Bertz CT molecular complexity index is 217. The minimum atomic E-state index is -0.246. The van der Waals surface area contributed by atoms with E-state index in [1.807, 2.05) is 27.7 Å². The highest BCUT2D eigenvalue weighted by Gasteiger charge is 2.05. The molecule has 3 heteroatoms. The van der Waals surface area contributed by atoms with Gasteiger partial charge in [0.25, 0.3) is 0 Å². The topological polar surface area (TPSA) is 41.5 Å². The van der Waals surface area contributed by atoms with Crippen LogP contribution in [0.15, 0.2) is 30.4 Å². The SMILES string of the molecule is C=CN=C(NC(=O)C=C)C(C)C.CC. The summed E-state index contributed by atoms with van der Waals surface area (Å²) >= 11 is 0. The van der Waals surface area contributed by atoms with Gasteiger partial charge in [-0.05, 0) is 6.08 Å². The molecule has 80 valence electrons. The first kappa shape index (κ1) is 15.1. The van der Waals surface area contributed by atoms with Gasteiger partial charge >= 0.3 is 0 Å². The quantitative estimate of drug-likeness (QED) is 0.420. The number of nitrogens with zero attached hydrogens (tertiary/aromatic N) is 1. The second kappa shape index (κ2) is 9.71. The van der Waals surface area contributed by atoms with Crippen LogP contribution in [-0.2, 0) is 4.79 Å². The maximum atomic E-state index is 10.9. The van der Waals surface area contributed by atoms with Crippen molar-refractivity contribution in [3.05, 3.63) is 25.4 Å². The van der Waals surface area contributed by atoms with Crippen LogP contribution in [0.1, 0.15) is 27.7 Å². The lowest BCUT2D eigenvalue weighted by molar-refractivity contribution is -0.115. The van der Waals surface area contributed by atoms with E-state index < -0.39 is 0 Å². The fourth-order valence-corrected chi connectivity index (χ4v) is 0.601. The molecule has 0 bridgehead atoms. The maximum absolute atomic E-state index is 10.9. The summed E-state index contributed by atoms with van der Waals surface area (Å²) in [5.74, 6) is 0.533. The van der Waals surface area contributed by atoms with Crippen molar-refractivity contribution in [3.8, 4) is 0 Å². The third kappa shape index (κ3) is 7.28. The minimum absolute atomic E-state index is 0.173. The highest BCUT2D eigenvalue weighted by molar-refractivity contribution is 6.03. The summed E-state index contributed by atoms with van der Waals surface area (Å²) in [4.78, 5) is 14.8. The molecule has 0 atom stereocenters. The predicted molar refractivity (Wildman–Crippen MR) is 62.2 cm³/mol. The number of carbonyl (C=O) groups excluding carboxylic acids is 1. The van der Waals surface area contributed by atoms with Gasteiger partial charge in [-0.2, -0.15) is 0 Å². The Morgan fingerprint density at radius 3 is 2.14 bits per heavy atom. The molecule has 1 amide bonds. The zero-order chi connectivity index (χ0) is 11.6. The Morgan fingerprint density at radius 2 is 1.86 bits per heavy atom. The Labute approximate surface area is 86.6 Å². The van der Waals surface area contributed by atoms with Crippen LogP contribution in [0.2, 0.25) is 0 Å². The molecule has 0 saturated heterocycles. The van der Waals surface area contributed by atoms with Crippen molar-refractivity contribution in [2.24, 2.45) is 10.9 Å². The van der Waals surface area contributed by atoms with Crippen molar-refractivity contribution in [3.63, 3.8) is 0 Å². The van der Waals surface area contributed by atoms with E-state index in [1.54, 1.807) is 0 Å². The molecule has 0 aromatic rings. The van der Waals surface area contributed by atoms with Gasteiger partial charge in [0, 0.05) is 12.1 Å². The van der Waals surface area contributed by atoms with Gasteiger partial charge in [0.1, 0.15) is 5.84 Å². The van der Waals surface area contributed by atoms with Gasteiger partial charge in [-0.15, -0.1) is 0 Å². The summed E-state index contributed by atoms with van der Waals surface area (Å²) in [5, 5.41) is 2.59. The third-order valence-corrected chi connectivity index (χ3v) is 1.21. The molecular formula is C11H20N2O. The molecule has 0 fully saturated rings. The van der Waals surface area contributed by atoms with Crippen molar-refractivity contribution < 1.29 is 4.79 Å². The van der Waals surface area contributed by atoms with Crippen LogP contribution in [0.4, 0.5) is 0 Å². The second-order valence-electron chi connectivity index (χ2n) is 2.54. The van der Waals surface area contributed by atoms with Crippen LogP contribution in [0.5, 0.6) is 0 Å². The summed E-state index contributed by atoms with van der Waals surface area (Å²) < 4.78 is 0. The van der Waals surface area contributed by atoms with E-state index in [1.165, 1.54) is 12.3 Å². The lowest BCUT2D eigenvalue weighted by atomic mass is 10.2. The molecule has 0 aliphatic carbocycles.